The van der Waals surface area contributed by atoms with E-state index < -0.39 is 42.9 Å². The molecule has 0 heterocycles. The molecule has 1 amide bonds. The second-order valence-electron chi connectivity index (χ2n) is 3.53. The predicted octanol–water partition coefficient (Wildman–Crippen LogP) is 1.74. The first kappa shape index (κ1) is 16.5. The highest BCUT2D eigenvalue weighted by Gasteiger charge is 2.35. The zero-order valence-corrected chi connectivity index (χ0v) is 12.6. The van der Waals surface area contributed by atoms with Crippen LogP contribution in [-0.2, 0) is 24.4 Å². The van der Waals surface area contributed by atoms with Crippen molar-refractivity contribution in [3.05, 3.63) is 28.2 Å². The minimum absolute atomic E-state index is 0.267. The lowest BCUT2D eigenvalue weighted by molar-refractivity contribution is -0.175. The van der Waals surface area contributed by atoms with Gasteiger partial charge in [0.15, 0.2) is 0 Å². The summed E-state index contributed by atoms with van der Waals surface area (Å²) in [6, 6.07) is 1.02. The van der Waals surface area contributed by atoms with Crippen LogP contribution in [0.2, 0.25) is 0 Å². The van der Waals surface area contributed by atoms with Crippen LogP contribution in [-0.4, -0.2) is 24.8 Å². The number of benzene rings is 1. The molecule has 1 rings (SSSR count). The molecule has 0 N–H and O–H groups in total. The first-order valence-corrected chi connectivity index (χ1v) is 7.19. The van der Waals surface area contributed by atoms with Crippen LogP contribution in [0, 0.1) is 11.6 Å². The van der Waals surface area contributed by atoms with Gasteiger partial charge in [-0.05, 0) is 22.0 Å². The molecule has 1 aromatic carbocycles. The third-order valence-electron chi connectivity index (χ3n) is 1.91. The van der Waals surface area contributed by atoms with Crippen molar-refractivity contribution >= 4 is 37.8 Å². The van der Waals surface area contributed by atoms with Gasteiger partial charge >= 0.3 is 16.0 Å². The van der Waals surface area contributed by atoms with Gasteiger partial charge < -0.3 is 4.84 Å². The van der Waals surface area contributed by atoms with Gasteiger partial charge in [0.1, 0.15) is 16.5 Å². The quantitative estimate of drug-likeness (QED) is 0.739. The van der Waals surface area contributed by atoms with Gasteiger partial charge in [-0.2, -0.15) is 8.42 Å². The summed E-state index contributed by atoms with van der Waals surface area (Å²) < 4.78 is 50.1. The van der Waals surface area contributed by atoms with Crippen molar-refractivity contribution in [1.29, 1.82) is 0 Å². The first-order valence-electron chi connectivity index (χ1n) is 4.96. The lowest BCUT2D eigenvalue weighted by atomic mass is 10.3. The molecule has 0 radical (unpaired) electrons. The standard InChI is InChI=1S/C10H8BrF2NO5S/c1-5(15)14(19-6(2)16)20(17,18)10-8(11)3-7(12)4-9(10)13/h3-4H,1-2H3. The first-order chi connectivity index (χ1) is 9.07. The molecule has 6 nitrogen and oxygen atoms in total. The minimum atomic E-state index is -4.82. The Morgan fingerprint density at radius 2 is 1.80 bits per heavy atom. The number of amides is 1. The molecule has 0 bridgehead atoms. The average molecular weight is 372 g/mol. The Kier molecular flexibility index (Phi) is 4.81. The van der Waals surface area contributed by atoms with Gasteiger partial charge in [0.05, 0.1) is 0 Å². The van der Waals surface area contributed by atoms with E-state index >= 15 is 0 Å². The van der Waals surface area contributed by atoms with Crippen LogP contribution in [0.4, 0.5) is 8.78 Å². The number of hydroxylamine groups is 1. The largest absolute Gasteiger partial charge is 0.330 e. The zero-order chi connectivity index (χ0) is 15.7. The Morgan fingerprint density at radius 1 is 1.25 bits per heavy atom. The lowest BCUT2D eigenvalue weighted by Gasteiger charge is -2.19. The van der Waals surface area contributed by atoms with Gasteiger partial charge in [0.2, 0.25) is 0 Å². The molecule has 0 aliphatic heterocycles. The summed E-state index contributed by atoms with van der Waals surface area (Å²) in [5.41, 5.74) is 0. The van der Waals surface area contributed by atoms with E-state index in [9.17, 15) is 26.8 Å². The van der Waals surface area contributed by atoms with Crippen LogP contribution in [0.25, 0.3) is 0 Å². The van der Waals surface area contributed by atoms with Gasteiger partial charge in [0.25, 0.3) is 5.91 Å². The number of hydrogen-bond acceptors (Lipinski definition) is 5. The number of halogens is 3. The summed E-state index contributed by atoms with van der Waals surface area (Å²) in [6.07, 6.45) is 0. The summed E-state index contributed by atoms with van der Waals surface area (Å²) >= 11 is 2.68. The second-order valence-corrected chi connectivity index (χ2v) is 6.08. The number of nitrogens with zero attached hydrogens (tertiary/aromatic N) is 1. The van der Waals surface area contributed by atoms with E-state index in [2.05, 4.69) is 20.8 Å². The van der Waals surface area contributed by atoms with Crippen LogP contribution in [0.3, 0.4) is 0 Å². The Bertz CT molecular complexity index is 653. The molecule has 1 aromatic rings. The van der Waals surface area contributed by atoms with Crippen LogP contribution < -0.4 is 0 Å². The maximum absolute atomic E-state index is 13.6. The maximum Gasteiger partial charge on any atom is 0.330 e. The molecule has 0 aliphatic rings. The summed E-state index contributed by atoms with van der Waals surface area (Å²) in [5, 5.41) is 0. The molecule has 110 valence electrons. The molecule has 0 aliphatic carbocycles. The summed E-state index contributed by atoms with van der Waals surface area (Å²) in [5.74, 6) is -4.72. The van der Waals surface area contributed by atoms with Crippen LogP contribution in [0.1, 0.15) is 13.8 Å². The Morgan fingerprint density at radius 3 is 2.20 bits per heavy atom. The van der Waals surface area contributed by atoms with Gasteiger partial charge in [-0.25, -0.2) is 13.6 Å². The second kappa shape index (κ2) is 5.83. The fraction of sp³-hybridized carbons (Fsp3) is 0.200. The van der Waals surface area contributed by atoms with Crippen molar-refractivity contribution in [2.45, 2.75) is 18.7 Å². The molecular weight excluding hydrogens is 364 g/mol. The molecule has 0 saturated heterocycles. The van der Waals surface area contributed by atoms with Gasteiger partial charge in [-0.3, -0.25) is 4.79 Å². The summed E-state index contributed by atoms with van der Waals surface area (Å²) in [6.45, 7) is 1.66. The topological polar surface area (TPSA) is 80.8 Å². The molecule has 0 spiro atoms. The number of sulfonamides is 1. The smallest absolute Gasteiger partial charge is 0.323 e. The van der Waals surface area contributed by atoms with E-state index in [1.165, 1.54) is 0 Å². The third kappa shape index (κ3) is 3.31. The Labute approximate surface area is 121 Å². The highest BCUT2D eigenvalue weighted by Crippen LogP contribution is 2.29. The van der Waals surface area contributed by atoms with E-state index in [0.717, 1.165) is 13.8 Å². The molecule has 0 aromatic heterocycles. The molecule has 0 unspecified atom stereocenters. The number of carbonyl (C=O) groups is 2. The van der Waals surface area contributed by atoms with Crippen molar-refractivity contribution in [3.63, 3.8) is 0 Å². The molecule has 0 saturated carbocycles. The van der Waals surface area contributed by atoms with Crippen molar-refractivity contribution in [2.24, 2.45) is 0 Å². The van der Waals surface area contributed by atoms with Crippen molar-refractivity contribution in [1.82, 2.24) is 4.47 Å². The number of rotatable bonds is 2. The molecule has 20 heavy (non-hydrogen) atoms. The fourth-order valence-corrected chi connectivity index (χ4v) is 3.60. The molecular formula is C10H8BrF2NO5S. The highest BCUT2D eigenvalue weighted by atomic mass is 79.9. The van der Waals surface area contributed by atoms with Crippen molar-refractivity contribution in [3.8, 4) is 0 Å². The van der Waals surface area contributed by atoms with Gasteiger partial charge in [-0.15, -0.1) is 0 Å². The SMILES string of the molecule is CC(=O)ON(C(C)=O)S(=O)(=O)c1c(F)cc(F)cc1Br. The minimum Gasteiger partial charge on any atom is -0.323 e. The van der Waals surface area contributed by atoms with Gasteiger partial charge in [0, 0.05) is 24.4 Å². The van der Waals surface area contributed by atoms with Crippen LogP contribution >= 0.6 is 15.9 Å². The number of hydrogen-bond donors (Lipinski definition) is 0. The molecule has 0 atom stereocenters. The van der Waals surface area contributed by atoms with E-state index in [1.54, 1.807) is 0 Å². The van der Waals surface area contributed by atoms with E-state index in [1.807, 2.05) is 0 Å². The Balaban J connectivity index is 3.49. The van der Waals surface area contributed by atoms with E-state index in [4.69, 9.17) is 0 Å². The normalized spacial score (nSPS) is 11.1. The zero-order valence-electron chi connectivity index (χ0n) is 10.2. The van der Waals surface area contributed by atoms with Crippen LogP contribution in [0.15, 0.2) is 21.5 Å². The summed E-state index contributed by atoms with van der Waals surface area (Å²) in [4.78, 5) is 25.3. The average Bonchev–Trinajstić information content (AvgIpc) is 2.22. The monoisotopic (exact) mass is 371 g/mol. The fourth-order valence-electron chi connectivity index (χ4n) is 1.26. The lowest BCUT2D eigenvalue weighted by Crippen LogP contribution is -2.37. The Hall–Kier alpha value is -1.55. The predicted molar refractivity (Wildman–Crippen MR) is 65.5 cm³/mol. The van der Waals surface area contributed by atoms with E-state index in [0.29, 0.717) is 12.1 Å². The van der Waals surface area contributed by atoms with Crippen molar-refractivity contribution < 1.29 is 31.6 Å². The molecule has 0 fully saturated rings. The van der Waals surface area contributed by atoms with Crippen molar-refractivity contribution in [2.75, 3.05) is 0 Å². The van der Waals surface area contributed by atoms with E-state index in [-0.39, 0.29) is 4.47 Å². The highest BCUT2D eigenvalue weighted by molar-refractivity contribution is 9.10. The molecule has 10 heteroatoms. The third-order valence-corrected chi connectivity index (χ3v) is 4.49. The van der Waals surface area contributed by atoms with Gasteiger partial charge in [-0.1, -0.05) is 4.47 Å². The summed E-state index contributed by atoms with van der Waals surface area (Å²) in [7, 11) is -4.82. The van der Waals surface area contributed by atoms with Crippen LogP contribution in [0.5, 0.6) is 0 Å². The number of carbonyl (C=O) groups excluding carboxylic acids is 2. The maximum atomic E-state index is 13.6.